The van der Waals surface area contributed by atoms with E-state index in [1.165, 1.54) is 0 Å². The van der Waals surface area contributed by atoms with E-state index in [1.807, 2.05) is 62.0 Å². The predicted molar refractivity (Wildman–Crippen MR) is 111 cm³/mol. The largest absolute Gasteiger partial charge is 0.354 e. The van der Waals surface area contributed by atoms with Gasteiger partial charge >= 0.3 is 0 Å². The van der Waals surface area contributed by atoms with Gasteiger partial charge in [-0.2, -0.15) is 0 Å². The molecule has 7 heteroatoms. The standard InChI is InChI=1S/C22H28N4O3/c1-22(2,3)26-15-17(14-19(26)27)21(29)24-11-10-23-20(28)16-6-8-18(9-7-16)25-12-4-5-13-25/h4-9,12-13,17H,10-11,14-15H2,1-3H3,(H,23,28)(H,24,29). The normalized spacial score (nSPS) is 16.7. The minimum Gasteiger partial charge on any atom is -0.354 e. The van der Waals surface area contributed by atoms with Crippen molar-refractivity contribution in [1.29, 1.82) is 0 Å². The van der Waals surface area contributed by atoms with Crippen LogP contribution >= 0.6 is 0 Å². The van der Waals surface area contributed by atoms with Crippen LogP contribution in [0.5, 0.6) is 0 Å². The predicted octanol–water partition coefficient (Wildman–Crippen LogP) is 1.97. The van der Waals surface area contributed by atoms with Crippen LogP contribution in [0, 0.1) is 5.92 Å². The number of carbonyl (C=O) groups excluding carboxylic acids is 3. The lowest BCUT2D eigenvalue weighted by atomic mass is 10.1. The summed E-state index contributed by atoms with van der Waals surface area (Å²) in [7, 11) is 0. The summed E-state index contributed by atoms with van der Waals surface area (Å²) < 4.78 is 1.96. The van der Waals surface area contributed by atoms with Gasteiger partial charge in [0.15, 0.2) is 0 Å². The van der Waals surface area contributed by atoms with E-state index in [0.29, 0.717) is 25.2 Å². The highest BCUT2D eigenvalue weighted by Crippen LogP contribution is 2.25. The number of aromatic nitrogens is 1. The average molecular weight is 396 g/mol. The first-order valence-electron chi connectivity index (χ1n) is 9.85. The molecule has 0 saturated carbocycles. The first-order chi connectivity index (χ1) is 13.8. The van der Waals surface area contributed by atoms with Crippen LogP contribution in [0.25, 0.3) is 5.69 Å². The fourth-order valence-corrected chi connectivity index (χ4v) is 3.43. The van der Waals surface area contributed by atoms with Crippen LogP contribution in [0.15, 0.2) is 48.8 Å². The van der Waals surface area contributed by atoms with Gasteiger partial charge in [-0.15, -0.1) is 0 Å². The van der Waals surface area contributed by atoms with Crippen LogP contribution in [0.4, 0.5) is 0 Å². The Morgan fingerprint density at radius 1 is 1.03 bits per heavy atom. The van der Waals surface area contributed by atoms with Gasteiger partial charge in [-0.25, -0.2) is 0 Å². The Kier molecular flexibility index (Phi) is 6.06. The number of nitrogens with zero attached hydrogens (tertiary/aromatic N) is 2. The van der Waals surface area contributed by atoms with E-state index in [-0.39, 0.29) is 35.6 Å². The minimum absolute atomic E-state index is 0.00862. The Bertz CT molecular complexity index is 866. The zero-order chi connectivity index (χ0) is 21.0. The second kappa shape index (κ2) is 8.51. The third-order valence-electron chi connectivity index (χ3n) is 5.05. The molecule has 1 unspecified atom stereocenters. The lowest BCUT2D eigenvalue weighted by molar-refractivity contribution is -0.132. The highest BCUT2D eigenvalue weighted by molar-refractivity contribution is 5.94. The van der Waals surface area contributed by atoms with Crippen molar-refractivity contribution in [1.82, 2.24) is 20.1 Å². The van der Waals surface area contributed by atoms with E-state index in [4.69, 9.17) is 0 Å². The molecule has 3 rings (SSSR count). The summed E-state index contributed by atoms with van der Waals surface area (Å²) in [5.41, 5.74) is 1.26. The molecule has 2 heterocycles. The summed E-state index contributed by atoms with van der Waals surface area (Å²) in [5, 5.41) is 5.62. The Morgan fingerprint density at radius 3 is 2.24 bits per heavy atom. The smallest absolute Gasteiger partial charge is 0.251 e. The second-order valence-electron chi connectivity index (χ2n) is 8.26. The molecule has 0 aliphatic carbocycles. The van der Waals surface area contributed by atoms with Crippen LogP contribution in [0.1, 0.15) is 37.6 Å². The highest BCUT2D eigenvalue weighted by atomic mass is 16.2. The lowest BCUT2D eigenvalue weighted by Crippen LogP contribution is -2.43. The van der Waals surface area contributed by atoms with Crippen LogP contribution < -0.4 is 10.6 Å². The zero-order valence-corrected chi connectivity index (χ0v) is 17.1. The third kappa shape index (κ3) is 5.04. The molecule has 0 bridgehead atoms. The molecule has 3 amide bonds. The summed E-state index contributed by atoms with van der Waals surface area (Å²) in [6.45, 7) is 6.98. The topological polar surface area (TPSA) is 83.4 Å². The molecule has 1 atom stereocenters. The summed E-state index contributed by atoms with van der Waals surface area (Å²) >= 11 is 0. The van der Waals surface area contributed by atoms with Crippen molar-refractivity contribution in [3.05, 3.63) is 54.4 Å². The van der Waals surface area contributed by atoms with Gasteiger partial charge in [0.1, 0.15) is 0 Å². The molecule has 1 saturated heterocycles. The molecule has 7 nitrogen and oxygen atoms in total. The average Bonchev–Trinajstić information content (AvgIpc) is 3.34. The van der Waals surface area contributed by atoms with E-state index < -0.39 is 0 Å². The second-order valence-corrected chi connectivity index (χ2v) is 8.26. The Morgan fingerprint density at radius 2 is 1.66 bits per heavy atom. The molecule has 1 aromatic heterocycles. The van der Waals surface area contributed by atoms with Gasteiger partial charge in [-0.3, -0.25) is 14.4 Å². The van der Waals surface area contributed by atoms with Gasteiger partial charge in [0.05, 0.1) is 5.92 Å². The number of nitrogens with one attached hydrogen (secondary N) is 2. The molecule has 2 N–H and O–H groups in total. The summed E-state index contributed by atoms with van der Waals surface area (Å²) in [5.74, 6) is -0.656. The van der Waals surface area contributed by atoms with E-state index in [9.17, 15) is 14.4 Å². The summed E-state index contributed by atoms with van der Waals surface area (Å²) in [6.07, 6.45) is 4.12. The Labute approximate surface area is 171 Å². The van der Waals surface area contributed by atoms with Gasteiger partial charge in [-0.1, -0.05) is 0 Å². The maximum absolute atomic E-state index is 12.3. The van der Waals surface area contributed by atoms with Gasteiger partial charge in [0.25, 0.3) is 5.91 Å². The van der Waals surface area contributed by atoms with Crippen LogP contribution in [0.3, 0.4) is 0 Å². The van der Waals surface area contributed by atoms with Crippen molar-refractivity contribution in [3.63, 3.8) is 0 Å². The summed E-state index contributed by atoms with van der Waals surface area (Å²) in [4.78, 5) is 38.4. The molecular weight excluding hydrogens is 368 g/mol. The van der Waals surface area contributed by atoms with E-state index >= 15 is 0 Å². The van der Waals surface area contributed by atoms with E-state index in [0.717, 1.165) is 5.69 Å². The molecular formula is C22H28N4O3. The number of amides is 3. The molecule has 2 aromatic rings. The first kappa shape index (κ1) is 20.6. The minimum atomic E-state index is -0.335. The SMILES string of the molecule is CC(C)(C)N1CC(C(=O)NCCNC(=O)c2ccc(-n3cccc3)cc2)CC1=O. The van der Waals surface area contributed by atoms with Crippen molar-refractivity contribution in [2.45, 2.75) is 32.7 Å². The first-order valence-corrected chi connectivity index (χ1v) is 9.85. The summed E-state index contributed by atoms with van der Waals surface area (Å²) in [6, 6.07) is 11.2. The van der Waals surface area contributed by atoms with Gasteiger partial charge in [0, 0.05) is 55.2 Å². The molecule has 1 aliphatic rings. The third-order valence-corrected chi connectivity index (χ3v) is 5.05. The van der Waals surface area contributed by atoms with Crippen molar-refractivity contribution >= 4 is 17.7 Å². The quantitative estimate of drug-likeness (QED) is 0.733. The van der Waals surface area contributed by atoms with Gasteiger partial charge in [-0.05, 0) is 57.2 Å². The molecule has 1 aliphatic heterocycles. The number of hydrogen-bond acceptors (Lipinski definition) is 3. The van der Waals surface area contributed by atoms with Crippen LogP contribution in [-0.4, -0.2) is 52.4 Å². The fourth-order valence-electron chi connectivity index (χ4n) is 3.43. The van der Waals surface area contributed by atoms with Crippen molar-refractivity contribution in [3.8, 4) is 5.69 Å². The number of rotatable bonds is 6. The number of carbonyl (C=O) groups is 3. The van der Waals surface area contributed by atoms with Gasteiger partial charge in [0.2, 0.25) is 11.8 Å². The van der Waals surface area contributed by atoms with Crippen molar-refractivity contribution in [2.75, 3.05) is 19.6 Å². The number of hydrogen-bond donors (Lipinski definition) is 2. The molecule has 29 heavy (non-hydrogen) atoms. The van der Waals surface area contributed by atoms with Gasteiger partial charge < -0.3 is 20.1 Å². The monoisotopic (exact) mass is 396 g/mol. The Balaban J connectivity index is 1.42. The van der Waals surface area contributed by atoms with Crippen LogP contribution in [0.2, 0.25) is 0 Å². The molecule has 1 fully saturated rings. The number of likely N-dealkylation sites (tertiary alicyclic amines) is 1. The van der Waals surface area contributed by atoms with Crippen molar-refractivity contribution < 1.29 is 14.4 Å². The molecule has 0 radical (unpaired) electrons. The maximum atomic E-state index is 12.3. The van der Waals surface area contributed by atoms with E-state index in [1.54, 1.807) is 17.0 Å². The Hall–Kier alpha value is -3.09. The fraction of sp³-hybridized carbons (Fsp3) is 0.409. The molecule has 0 spiro atoms. The zero-order valence-electron chi connectivity index (χ0n) is 17.1. The molecule has 1 aromatic carbocycles. The molecule has 154 valence electrons. The lowest BCUT2D eigenvalue weighted by Gasteiger charge is -2.31. The van der Waals surface area contributed by atoms with Crippen LogP contribution in [-0.2, 0) is 9.59 Å². The van der Waals surface area contributed by atoms with E-state index in [2.05, 4.69) is 10.6 Å². The number of benzene rings is 1. The maximum Gasteiger partial charge on any atom is 0.251 e. The van der Waals surface area contributed by atoms with Crippen molar-refractivity contribution in [2.24, 2.45) is 5.92 Å². The highest BCUT2D eigenvalue weighted by Gasteiger charge is 2.39.